The van der Waals surface area contributed by atoms with Crippen molar-refractivity contribution in [2.75, 3.05) is 0 Å². The summed E-state index contributed by atoms with van der Waals surface area (Å²) in [6, 6.07) is 0. The minimum absolute atomic E-state index is 0.0310. The van der Waals surface area contributed by atoms with E-state index in [1.807, 2.05) is 13.8 Å². The van der Waals surface area contributed by atoms with Gasteiger partial charge in [0.2, 0.25) is 0 Å². The van der Waals surface area contributed by atoms with Crippen molar-refractivity contribution in [3.8, 4) is 0 Å². The lowest BCUT2D eigenvalue weighted by Gasteiger charge is -1.92. The van der Waals surface area contributed by atoms with Crippen LogP contribution in [0.4, 0.5) is 0 Å². The maximum absolute atomic E-state index is 10.9. The Morgan fingerprint density at radius 2 is 1.91 bits per heavy atom. The van der Waals surface area contributed by atoms with Crippen LogP contribution >= 0.6 is 0 Å². The van der Waals surface area contributed by atoms with Gasteiger partial charge < -0.3 is 0 Å². The van der Waals surface area contributed by atoms with Crippen LogP contribution in [0.3, 0.4) is 0 Å². The second kappa shape index (κ2) is 4.83. The largest absolute Gasteiger partial charge is 0.300 e. The number of Topliss-reactive ketones (excluding diaryl/α,β-unsaturated/α-hetero) is 1. The summed E-state index contributed by atoms with van der Waals surface area (Å²) in [5.41, 5.74) is 0. The van der Waals surface area contributed by atoms with Crippen molar-refractivity contribution < 1.29 is 9.59 Å². The van der Waals surface area contributed by atoms with Crippen LogP contribution in [-0.2, 0) is 9.59 Å². The molecule has 0 fully saturated rings. The van der Waals surface area contributed by atoms with E-state index in [0.29, 0.717) is 5.92 Å². The molecule has 0 heterocycles. The highest BCUT2D eigenvalue weighted by Gasteiger charge is 1.99. The molecule has 0 aliphatic carbocycles. The van der Waals surface area contributed by atoms with E-state index in [1.54, 1.807) is 6.08 Å². The Labute approximate surface area is 67.3 Å². The Morgan fingerprint density at radius 1 is 1.36 bits per heavy atom. The SMILES string of the molecule is CC(=O)CC(=O)/C=C/C(C)C. The highest BCUT2D eigenvalue weighted by molar-refractivity contribution is 6.03. The Bertz CT molecular complexity index is 178. The van der Waals surface area contributed by atoms with Gasteiger partial charge in [-0.3, -0.25) is 9.59 Å². The first-order valence-corrected chi connectivity index (χ1v) is 3.73. The van der Waals surface area contributed by atoms with Gasteiger partial charge in [-0.1, -0.05) is 19.9 Å². The predicted octanol–water partition coefficient (Wildman–Crippen LogP) is 1.75. The molecule has 0 bridgehead atoms. The van der Waals surface area contributed by atoms with Gasteiger partial charge >= 0.3 is 0 Å². The molecular formula is C9H14O2. The fourth-order valence-electron chi connectivity index (χ4n) is 0.604. The van der Waals surface area contributed by atoms with Crippen LogP contribution in [0.5, 0.6) is 0 Å². The maximum atomic E-state index is 10.9. The molecule has 0 aromatic carbocycles. The standard InChI is InChI=1S/C9H14O2/c1-7(2)4-5-9(11)6-8(3)10/h4-5,7H,6H2,1-3H3/b5-4+. The molecule has 0 amide bonds. The van der Waals surface area contributed by atoms with Gasteiger partial charge in [0.05, 0.1) is 6.42 Å². The van der Waals surface area contributed by atoms with Crippen molar-refractivity contribution >= 4 is 11.6 Å². The lowest BCUT2D eigenvalue weighted by Crippen LogP contribution is -2.00. The van der Waals surface area contributed by atoms with Gasteiger partial charge in [-0.15, -0.1) is 0 Å². The van der Waals surface area contributed by atoms with Gasteiger partial charge in [0.25, 0.3) is 0 Å². The van der Waals surface area contributed by atoms with Crippen molar-refractivity contribution in [2.45, 2.75) is 27.2 Å². The van der Waals surface area contributed by atoms with Gasteiger partial charge in [-0.25, -0.2) is 0 Å². The molecule has 0 radical (unpaired) electrons. The lowest BCUT2D eigenvalue weighted by atomic mass is 10.1. The number of ketones is 2. The summed E-state index contributed by atoms with van der Waals surface area (Å²) in [4.78, 5) is 21.3. The van der Waals surface area contributed by atoms with Crippen molar-refractivity contribution in [3.63, 3.8) is 0 Å². The van der Waals surface area contributed by atoms with E-state index in [9.17, 15) is 9.59 Å². The third-order valence-corrected chi connectivity index (χ3v) is 1.09. The topological polar surface area (TPSA) is 34.1 Å². The third kappa shape index (κ3) is 6.97. The van der Waals surface area contributed by atoms with E-state index in [2.05, 4.69) is 0 Å². The molecule has 62 valence electrons. The number of allylic oxidation sites excluding steroid dienone is 2. The molecular weight excluding hydrogens is 140 g/mol. The zero-order valence-electron chi connectivity index (χ0n) is 7.26. The summed E-state index contributed by atoms with van der Waals surface area (Å²) in [5.74, 6) is 0.181. The molecule has 0 spiro atoms. The van der Waals surface area contributed by atoms with Crippen LogP contribution in [0.25, 0.3) is 0 Å². The molecule has 0 saturated carbocycles. The van der Waals surface area contributed by atoms with Crippen molar-refractivity contribution in [1.29, 1.82) is 0 Å². The van der Waals surface area contributed by atoms with E-state index in [-0.39, 0.29) is 18.0 Å². The monoisotopic (exact) mass is 154 g/mol. The van der Waals surface area contributed by atoms with Gasteiger partial charge in [0, 0.05) is 0 Å². The van der Waals surface area contributed by atoms with Gasteiger partial charge in [-0.2, -0.15) is 0 Å². The van der Waals surface area contributed by atoms with Crippen molar-refractivity contribution in [3.05, 3.63) is 12.2 Å². The second-order valence-electron chi connectivity index (χ2n) is 2.95. The highest BCUT2D eigenvalue weighted by atomic mass is 16.1. The Hall–Kier alpha value is -0.920. The molecule has 0 aromatic rings. The summed E-state index contributed by atoms with van der Waals surface area (Å²) in [6.07, 6.45) is 3.31. The molecule has 0 saturated heterocycles. The van der Waals surface area contributed by atoms with E-state index in [1.165, 1.54) is 13.0 Å². The number of hydrogen-bond acceptors (Lipinski definition) is 2. The first kappa shape index (κ1) is 10.1. The summed E-state index contributed by atoms with van der Waals surface area (Å²) in [6.45, 7) is 5.39. The van der Waals surface area contributed by atoms with Crippen molar-refractivity contribution in [1.82, 2.24) is 0 Å². The third-order valence-electron chi connectivity index (χ3n) is 1.09. The van der Waals surface area contributed by atoms with Crippen LogP contribution in [0.1, 0.15) is 27.2 Å². The van der Waals surface area contributed by atoms with Gasteiger partial charge in [-0.05, 0) is 18.9 Å². The number of rotatable bonds is 4. The highest BCUT2D eigenvalue weighted by Crippen LogP contribution is 1.95. The fourth-order valence-corrected chi connectivity index (χ4v) is 0.604. The first-order chi connectivity index (χ1) is 5.02. The molecule has 11 heavy (non-hydrogen) atoms. The molecule has 0 aliphatic heterocycles. The van der Waals surface area contributed by atoms with E-state index in [4.69, 9.17) is 0 Å². The number of carbonyl (C=O) groups is 2. The Morgan fingerprint density at radius 3 is 2.27 bits per heavy atom. The van der Waals surface area contributed by atoms with Crippen LogP contribution in [-0.4, -0.2) is 11.6 Å². The minimum Gasteiger partial charge on any atom is -0.300 e. The average Bonchev–Trinajstić information content (AvgIpc) is 1.82. The summed E-state index contributed by atoms with van der Waals surface area (Å²) in [5, 5.41) is 0. The molecule has 0 rings (SSSR count). The smallest absolute Gasteiger partial charge is 0.162 e. The second-order valence-corrected chi connectivity index (χ2v) is 2.95. The van der Waals surface area contributed by atoms with Crippen molar-refractivity contribution in [2.24, 2.45) is 5.92 Å². The summed E-state index contributed by atoms with van der Waals surface area (Å²) < 4.78 is 0. The van der Waals surface area contributed by atoms with E-state index in [0.717, 1.165) is 0 Å². The molecule has 0 unspecified atom stereocenters. The average molecular weight is 154 g/mol. The van der Waals surface area contributed by atoms with Crippen LogP contribution in [0, 0.1) is 5.92 Å². The molecule has 0 aliphatic rings. The molecule has 0 aromatic heterocycles. The molecule has 0 N–H and O–H groups in total. The quantitative estimate of drug-likeness (QED) is 0.456. The Kier molecular flexibility index (Phi) is 4.42. The molecule has 2 nitrogen and oxygen atoms in total. The lowest BCUT2D eigenvalue weighted by molar-refractivity contribution is -0.123. The number of hydrogen-bond donors (Lipinski definition) is 0. The van der Waals surface area contributed by atoms with E-state index >= 15 is 0 Å². The Balaban J connectivity index is 3.78. The predicted molar refractivity (Wildman–Crippen MR) is 44.3 cm³/mol. The zero-order chi connectivity index (χ0) is 8.85. The normalized spacial score (nSPS) is 10.9. The van der Waals surface area contributed by atoms with Crippen LogP contribution in [0.15, 0.2) is 12.2 Å². The van der Waals surface area contributed by atoms with Crippen LogP contribution < -0.4 is 0 Å². The van der Waals surface area contributed by atoms with Crippen LogP contribution in [0.2, 0.25) is 0 Å². The number of carbonyl (C=O) groups excluding carboxylic acids is 2. The van der Waals surface area contributed by atoms with Gasteiger partial charge in [0.1, 0.15) is 5.78 Å². The molecule has 0 atom stereocenters. The summed E-state index contributed by atoms with van der Waals surface area (Å²) >= 11 is 0. The fraction of sp³-hybridized carbons (Fsp3) is 0.556. The first-order valence-electron chi connectivity index (χ1n) is 3.73. The zero-order valence-corrected chi connectivity index (χ0v) is 7.26. The van der Waals surface area contributed by atoms with Gasteiger partial charge in [0.15, 0.2) is 5.78 Å². The summed E-state index contributed by atoms with van der Waals surface area (Å²) in [7, 11) is 0. The van der Waals surface area contributed by atoms with E-state index < -0.39 is 0 Å². The molecule has 2 heteroatoms. The minimum atomic E-state index is -0.105. The maximum Gasteiger partial charge on any atom is 0.162 e.